The molecule has 0 radical (unpaired) electrons. The van der Waals surface area contributed by atoms with E-state index < -0.39 is 5.97 Å². The Hall–Kier alpha value is -0.160. The van der Waals surface area contributed by atoms with Crippen molar-refractivity contribution in [1.82, 2.24) is 0 Å². The third kappa shape index (κ3) is 11.2. The molecule has 0 saturated carbocycles. The maximum Gasteiger partial charge on any atom is 0.285 e. The molecule has 152 valence electrons. The van der Waals surface area contributed by atoms with Gasteiger partial charge in [0.05, 0.1) is 19.8 Å². The van der Waals surface area contributed by atoms with Gasteiger partial charge in [-0.1, -0.05) is 66.2 Å². The van der Waals surface area contributed by atoms with E-state index in [1.165, 1.54) is 32.1 Å². The number of unbranched alkanes of at least 4 members (excludes halogenated alkanes) is 5. The predicted molar refractivity (Wildman–Crippen MR) is 105 cm³/mol. The lowest BCUT2D eigenvalue weighted by molar-refractivity contribution is -0.407. The molecule has 0 aromatic heterocycles. The summed E-state index contributed by atoms with van der Waals surface area (Å²) in [6, 6.07) is 0. The summed E-state index contributed by atoms with van der Waals surface area (Å²) < 4.78 is 18.4. The van der Waals surface area contributed by atoms with Gasteiger partial charge in [-0.15, -0.1) is 0 Å². The average molecular weight is 361 g/mol. The molecule has 1 atom stereocenters. The average Bonchev–Trinajstić information content (AvgIpc) is 2.63. The van der Waals surface area contributed by atoms with Gasteiger partial charge >= 0.3 is 0 Å². The Balaban J connectivity index is 4.88. The van der Waals surface area contributed by atoms with Crippen LogP contribution in [0.1, 0.15) is 98.3 Å². The largest absolute Gasteiger partial charge is 0.396 e. The Labute approximate surface area is 156 Å². The van der Waals surface area contributed by atoms with Crippen molar-refractivity contribution in [2.24, 2.45) is 5.92 Å². The Morgan fingerprint density at radius 2 is 1.12 bits per heavy atom. The summed E-state index contributed by atoms with van der Waals surface area (Å²) in [6.07, 6.45) is 12.0. The van der Waals surface area contributed by atoms with Gasteiger partial charge < -0.3 is 19.3 Å². The summed E-state index contributed by atoms with van der Waals surface area (Å²) in [7, 11) is 0. The molecule has 4 nitrogen and oxygen atoms in total. The van der Waals surface area contributed by atoms with Crippen LogP contribution in [0.25, 0.3) is 0 Å². The number of rotatable bonds is 19. The second kappa shape index (κ2) is 17.3. The Morgan fingerprint density at radius 3 is 1.56 bits per heavy atom. The number of aliphatic hydroxyl groups is 1. The van der Waals surface area contributed by atoms with Gasteiger partial charge in [-0.05, 0) is 32.1 Å². The van der Waals surface area contributed by atoms with E-state index >= 15 is 0 Å². The van der Waals surface area contributed by atoms with E-state index in [9.17, 15) is 5.11 Å². The number of hydrogen-bond acceptors (Lipinski definition) is 4. The van der Waals surface area contributed by atoms with Crippen molar-refractivity contribution in [2.45, 2.75) is 104 Å². The highest BCUT2D eigenvalue weighted by atomic mass is 16.9. The van der Waals surface area contributed by atoms with Crippen LogP contribution in [0.5, 0.6) is 0 Å². The first-order valence-electron chi connectivity index (χ1n) is 10.7. The lowest BCUT2D eigenvalue weighted by Gasteiger charge is -2.39. The first-order valence-corrected chi connectivity index (χ1v) is 10.7. The molecule has 0 fully saturated rings. The van der Waals surface area contributed by atoms with Gasteiger partial charge in [0, 0.05) is 12.5 Å². The monoisotopic (exact) mass is 360 g/mol. The molecule has 1 N–H and O–H groups in total. The topological polar surface area (TPSA) is 47.9 Å². The summed E-state index contributed by atoms with van der Waals surface area (Å²) in [5, 5.41) is 9.58. The lowest BCUT2D eigenvalue weighted by Crippen LogP contribution is -2.47. The van der Waals surface area contributed by atoms with E-state index in [-0.39, 0.29) is 12.5 Å². The molecule has 0 aromatic rings. The Bertz CT molecular complexity index is 249. The Morgan fingerprint density at radius 1 is 0.640 bits per heavy atom. The molecule has 0 spiro atoms. The van der Waals surface area contributed by atoms with Crippen molar-refractivity contribution in [3.63, 3.8) is 0 Å². The Kier molecular flexibility index (Phi) is 17.2. The van der Waals surface area contributed by atoms with Crippen LogP contribution in [0.4, 0.5) is 0 Å². The molecule has 0 saturated heterocycles. The van der Waals surface area contributed by atoms with Gasteiger partial charge in [0.15, 0.2) is 0 Å². The maximum absolute atomic E-state index is 9.58. The highest BCUT2D eigenvalue weighted by molar-refractivity contribution is 4.73. The van der Waals surface area contributed by atoms with Crippen LogP contribution in [0.2, 0.25) is 0 Å². The van der Waals surface area contributed by atoms with Crippen molar-refractivity contribution in [1.29, 1.82) is 0 Å². The van der Waals surface area contributed by atoms with Crippen molar-refractivity contribution >= 4 is 0 Å². The molecule has 0 heterocycles. The number of aliphatic hydroxyl groups excluding tert-OH is 1. The van der Waals surface area contributed by atoms with Gasteiger partial charge in [-0.3, -0.25) is 0 Å². The molecule has 25 heavy (non-hydrogen) atoms. The molecular weight excluding hydrogens is 316 g/mol. The highest BCUT2D eigenvalue weighted by Crippen LogP contribution is 2.33. The van der Waals surface area contributed by atoms with Gasteiger partial charge in [0.2, 0.25) is 0 Å². The summed E-state index contributed by atoms with van der Waals surface area (Å²) >= 11 is 0. The quantitative estimate of drug-likeness (QED) is 0.238. The standard InChI is InChI=1S/C21H44O4/c1-5-9-10-11-12-13-14-20(15-16-22)21(23-17-6-2,24-18-7-3)25-19-8-4/h20,22H,5-19H2,1-4H3. The zero-order valence-electron chi connectivity index (χ0n) is 17.4. The van der Waals surface area contributed by atoms with Crippen LogP contribution in [0, 0.1) is 5.92 Å². The number of ether oxygens (including phenoxy) is 3. The molecule has 0 aliphatic heterocycles. The summed E-state index contributed by atoms with van der Waals surface area (Å²) in [4.78, 5) is 0. The van der Waals surface area contributed by atoms with Crippen molar-refractivity contribution in [2.75, 3.05) is 26.4 Å². The predicted octanol–water partition coefficient (Wildman–Crippen LogP) is 5.67. The van der Waals surface area contributed by atoms with E-state index in [0.717, 1.165) is 32.1 Å². The second-order valence-corrected chi connectivity index (χ2v) is 6.91. The van der Waals surface area contributed by atoms with Crippen LogP contribution < -0.4 is 0 Å². The summed E-state index contributed by atoms with van der Waals surface area (Å²) in [5.74, 6) is -0.915. The molecule has 1 unspecified atom stereocenters. The van der Waals surface area contributed by atoms with Crippen molar-refractivity contribution in [3.05, 3.63) is 0 Å². The van der Waals surface area contributed by atoms with Crippen molar-refractivity contribution < 1.29 is 19.3 Å². The van der Waals surface area contributed by atoms with E-state index in [0.29, 0.717) is 26.2 Å². The molecule has 0 amide bonds. The fourth-order valence-corrected chi connectivity index (χ4v) is 3.04. The fourth-order valence-electron chi connectivity index (χ4n) is 3.04. The van der Waals surface area contributed by atoms with E-state index in [1.54, 1.807) is 0 Å². The summed E-state index contributed by atoms with van der Waals surface area (Å²) in [6.45, 7) is 10.5. The highest BCUT2D eigenvalue weighted by Gasteiger charge is 2.41. The van der Waals surface area contributed by atoms with Crippen LogP contribution >= 0.6 is 0 Å². The first-order chi connectivity index (χ1) is 12.2. The van der Waals surface area contributed by atoms with Gasteiger partial charge in [-0.25, -0.2) is 0 Å². The fraction of sp³-hybridized carbons (Fsp3) is 1.00. The van der Waals surface area contributed by atoms with Crippen LogP contribution in [0.15, 0.2) is 0 Å². The minimum Gasteiger partial charge on any atom is -0.396 e. The van der Waals surface area contributed by atoms with Crippen molar-refractivity contribution in [3.8, 4) is 0 Å². The molecule has 4 heteroatoms. The third-order valence-corrected chi connectivity index (χ3v) is 4.41. The molecule has 0 bridgehead atoms. The zero-order valence-corrected chi connectivity index (χ0v) is 17.4. The number of hydrogen-bond donors (Lipinski definition) is 1. The van der Waals surface area contributed by atoms with Crippen LogP contribution in [-0.2, 0) is 14.2 Å². The molecular formula is C21H44O4. The minimum atomic E-state index is -0.992. The molecule has 0 rings (SSSR count). The van der Waals surface area contributed by atoms with Crippen LogP contribution in [0.3, 0.4) is 0 Å². The SMILES string of the molecule is CCCCCCCCC(CCO)C(OCCC)(OCCC)OCCC. The summed E-state index contributed by atoms with van der Waals surface area (Å²) in [5.41, 5.74) is 0. The zero-order chi connectivity index (χ0) is 18.8. The van der Waals surface area contributed by atoms with Gasteiger partial charge in [0.1, 0.15) is 0 Å². The molecule has 0 aliphatic carbocycles. The second-order valence-electron chi connectivity index (χ2n) is 6.91. The molecule has 0 aromatic carbocycles. The third-order valence-electron chi connectivity index (χ3n) is 4.41. The minimum absolute atomic E-state index is 0.0772. The lowest BCUT2D eigenvalue weighted by atomic mass is 9.94. The van der Waals surface area contributed by atoms with Gasteiger partial charge in [0.25, 0.3) is 5.97 Å². The first kappa shape index (κ1) is 24.8. The maximum atomic E-state index is 9.58. The normalized spacial score (nSPS) is 13.3. The van der Waals surface area contributed by atoms with E-state index in [2.05, 4.69) is 27.7 Å². The van der Waals surface area contributed by atoms with Crippen LogP contribution in [-0.4, -0.2) is 37.5 Å². The van der Waals surface area contributed by atoms with E-state index in [4.69, 9.17) is 14.2 Å². The molecule has 0 aliphatic rings. The van der Waals surface area contributed by atoms with Gasteiger partial charge in [-0.2, -0.15) is 0 Å². The smallest absolute Gasteiger partial charge is 0.285 e. The van der Waals surface area contributed by atoms with E-state index in [1.807, 2.05) is 0 Å².